The lowest BCUT2D eigenvalue weighted by atomic mass is 10.1. The van der Waals surface area contributed by atoms with Crippen molar-refractivity contribution in [1.82, 2.24) is 0 Å². The van der Waals surface area contributed by atoms with Crippen LogP contribution in [0.25, 0.3) is 0 Å². The number of rotatable bonds is 5. The molecule has 0 amide bonds. The van der Waals surface area contributed by atoms with Crippen molar-refractivity contribution in [2.24, 2.45) is 0 Å². The number of ether oxygens (including phenoxy) is 1. The molecule has 0 aliphatic carbocycles. The van der Waals surface area contributed by atoms with E-state index in [4.69, 9.17) is 15.7 Å². The van der Waals surface area contributed by atoms with Gasteiger partial charge in [0.05, 0.1) is 18.2 Å². The molecule has 0 saturated heterocycles. The van der Waals surface area contributed by atoms with Gasteiger partial charge < -0.3 is 10.5 Å². The van der Waals surface area contributed by atoms with Crippen molar-refractivity contribution < 1.29 is 9.53 Å². The highest BCUT2D eigenvalue weighted by Crippen LogP contribution is 2.22. The Morgan fingerprint density at radius 3 is 2.94 bits per heavy atom. The van der Waals surface area contributed by atoms with Crippen LogP contribution in [-0.2, 0) is 0 Å². The molecule has 1 rings (SSSR count). The van der Waals surface area contributed by atoms with E-state index in [0.29, 0.717) is 36.4 Å². The molecule has 0 bridgehead atoms. The highest BCUT2D eigenvalue weighted by molar-refractivity contribution is 5.97. The third kappa shape index (κ3) is 3.28. The molecular formula is C12H14N2O2. The lowest BCUT2D eigenvalue weighted by molar-refractivity contribution is 0.101. The molecule has 4 heteroatoms. The van der Waals surface area contributed by atoms with Crippen LogP contribution in [0.3, 0.4) is 0 Å². The van der Waals surface area contributed by atoms with Gasteiger partial charge in [-0.2, -0.15) is 5.26 Å². The van der Waals surface area contributed by atoms with Gasteiger partial charge in [-0.05, 0) is 31.5 Å². The van der Waals surface area contributed by atoms with Gasteiger partial charge in [0.15, 0.2) is 5.78 Å². The smallest absolute Gasteiger partial charge is 0.163 e. The van der Waals surface area contributed by atoms with Gasteiger partial charge in [-0.25, -0.2) is 0 Å². The summed E-state index contributed by atoms with van der Waals surface area (Å²) < 4.78 is 5.43. The number of anilines is 1. The summed E-state index contributed by atoms with van der Waals surface area (Å²) in [4.78, 5) is 11.3. The molecule has 0 fully saturated rings. The number of hydrogen-bond acceptors (Lipinski definition) is 4. The monoisotopic (exact) mass is 218 g/mol. The predicted molar refractivity (Wildman–Crippen MR) is 61.2 cm³/mol. The van der Waals surface area contributed by atoms with Crippen LogP contribution < -0.4 is 10.5 Å². The molecule has 0 spiro atoms. The fraction of sp³-hybridized carbons (Fsp3) is 0.333. The second-order valence-electron chi connectivity index (χ2n) is 3.42. The van der Waals surface area contributed by atoms with Gasteiger partial charge in [0.25, 0.3) is 0 Å². The van der Waals surface area contributed by atoms with Crippen LogP contribution in [0.15, 0.2) is 18.2 Å². The second-order valence-corrected chi connectivity index (χ2v) is 3.42. The van der Waals surface area contributed by atoms with Gasteiger partial charge in [0.2, 0.25) is 0 Å². The zero-order valence-corrected chi connectivity index (χ0v) is 9.19. The first-order valence-corrected chi connectivity index (χ1v) is 5.05. The maximum Gasteiger partial charge on any atom is 0.163 e. The van der Waals surface area contributed by atoms with E-state index in [-0.39, 0.29) is 5.78 Å². The summed E-state index contributed by atoms with van der Waals surface area (Å²) in [5.41, 5.74) is 6.61. The Morgan fingerprint density at radius 2 is 2.31 bits per heavy atom. The van der Waals surface area contributed by atoms with Crippen molar-refractivity contribution in [3.8, 4) is 11.8 Å². The average Bonchev–Trinajstić information content (AvgIpc) is 2.26. The molecule has 1 aromatic carbocycles. The van der Waals surface area contributed by atoms with Crippen molar-refractivity contribution in [2.45, 2.75) is 19.8 Å². The number of nitrogens with zero attached hydrogens (tertiary/aromatic N) is 1. The zero-order chi connectivity index (χ0) is 12.0. The molecule has 4 nitrogen and oxygen atoms in total. The second kappa shape index (κ2) is 5.76. The van der Waals surface area contributed by atoms with Crippen LogP contribution >= 0.6 is 0 Å². The Morgan fingerprint density at radius 1 is 1.56 bits per heavy atom. The lowest BCUT2D eigenvalue weighted by Gasteiger charge is -2.09. The SMILES string of the molecule is CC(=O)c1cc(N)ccc1OCCCC#N. The lowest BCUT2D eigenvalue weighted by Crippen LogP contribution is -2.03. The molecule has 0 saturated carbocycles. The molecule has 84 valence electrons. The number of Topliss-reactive ketones (excluding diaryl/α,β-unsaturated/α-hetero) is 1. The topological polar surface area (TPSA) is 76.1 Å². The summed E-state index contributed by atoms with van der Waals surface area (Å²) in [5.74, 6) is 0.447. The number of benzene rings is 1. The summed E-state index contributed by atoms with van der Waals surface area (Å²) in [6, 6.07) is 7.00. The van der Waals surface area contributed by atoms with E-state index < -0.39 is 0 Å². The Bertz CT molecular complexity index is 422. The minimum absolute atomic E-state index is 0.0809. The Balaban J connectivity index is 2.72. The van der Waals surface area contributed by atoms with Gasteiger partial charge in [-0.3, -0.25) is 4.79 Å². The third-order valence-corrected chi connectivity index (χ3v) is 2.07. The Kier molecular flexibility index (Phi) is 4.34. The van der Waals surface area contributed by atoms with Crippen LogP contribution in [0.2, 0.25) is 0 Å². The predicted octanol–water partition coefficient (Wildman–Crippen LogP) is 2.15. The van der Waals surface area contributed by atoms with Gasteiger partial charge in [0, 0.05) is 12.1 Å². The molecule has 0 aromatic heterocycles. The number of nitriles is 1. The van der Waals surface area contributed by atoms with E-state index in [1.54, 1.807) is 18.2 Å². The molecule has 16 heavy (non-hydrogen) atoms. The van der Waals surface area contributed by atoms with E-state index >= 15 is 0 Å². The molecule has 0 atom stereocenters. The molecular weight excluding hydrogens is 204 g/mol. The maximum absolute atomic E-state index is 11.3. The van der Waals surface area contributed by atoms with Crippen LogP contribution in [-0.4, -0.2) is 12.4 Å². The van der Waals surface area contributed by atoms with Gasteiger partial charge in [-0.15, -0.1) is 0 Å². The van der Waals surface area contributed by atoms with Crippen molar-refractivity contribution >= 4 is 11.5 Å². The number of carbonyl (C=O) groups excluding carboxylic acids is 1. The van der Waals surface area contributed by atoms with Crippen LogP contribution in [0.5, 0.6) is 5.75 Å². The Labute approximate surface area is 94.6 Å². The Hall–Kier alpha value is -2.02. The summed E-state index contributed by atoms with van der Waals surface area (Å²) in [7, 11) is 0. The summed E-state index contributed by atoms with van der Waals surface area (Å²) in [6.45, 7) is 1.90. The van der Waals surface area contributed by atoms with E-state index in [0.717, 1.165) is 0 Å². The van der Waals surface area contributed by atoms with E-state index in [9.17, 15) is 4.79 Å². The highest BCUT2D eigenvalue weighted by atomic mass is 16.5. The van der Waals surface area contributed by atoms with E-state index in [1.807, 2.05) is 6.07 Å². The average molecular weight is 218 g/mol. The molecule has 1 aromatic rings. The quantitative estimate of drug-likeness (QED) is 0.466. The first kappa shape index (κ1) is 12.1. The van der Waals surface area contributed by atoms with Crippen molar-refractivity contribution in [2.75, 3.05) is 12.3 Å². The number of nitrogens with two attached hydrogens (primary N) is 1. The van der Waals surface area contributed by atoms with Crippen LogP contribution in [0.1, 0.15) is 30.1 Å². The first-order valence-electron chi connectivity index (χ1n) is 5.05. The minimum atomic E-state index is -0.0809. The van der Waals surface area contributed by atoms with Crippen LogP contribution in [0.4, 0.5) is 5.69 Å². The third-order valence-electron chi connectivity index (χ3n) is 2.07. The number of carbonyl (C=O) groups is 1. The van der Waals surface area contributed by atoms with Crippen molar-refractivity contribution in [3.05, 3.63) is 23.8 Å². The molecule has 0 aliphatic rings. The molecule has 2 N–H and O–H groups in total. The van der Waals surface area contributed by atoms with Gasteiger partial charge >= 0.3 is 0 Å². The van der Waals surface area contributed by atoms with E-state index in [2.05, 4.69) is 0 Å². The standard InChI is InChI=1S/C12H14N2O2/c1-9(15)11-8-10(14)4-5-12(11)16-7-3-2-6-13/h4-5,8H,2-3,7,14H2,1H3. The summed E-state index contributed by atoms with van der Waals surface area (Å²) in [6.07, 6.45) is 1.10. The molecule has 0 unspecified atom stereocenters. The highest BCUT2D eigenvalue weighted by Gasteiger charge is 2.08. The maximum atomic E-state index is 11.3. The molecule has 0 heterocycles. The zero-order valence-electron chi connectivity index (χ0n) is 9.19. The fourth-order valence-electron chi connectivity index (χ4n) is 1.28. The van der Waals surface area contributed by atoms with E-state index in [1.165, 1.54) is 6.92 Å². The molecule has 0 aliphatic heterocycles. The van der Waals surface area contributed by atoms with Crippen molar-refractivity contribution in [3.63, 3.8) is 0 Å². The van der Waals surface area contributed by atoms with Crippen molar-refractivity contribution in [1.29, 1.82) is 5.26 Å². The summed E-state index contributed by atoms with van der Waals surface area (Å²) >= 11 is 0. The first-order chi connectivity index (χ1) is 7.65. The van der Waals surface area contributed by atoms with Gasteiger partial charge in [0.1, 0.15) is 5.75 Å². The van der Waals surface area contributed by atoms with Crippen LogP contribution in [0, 0.1) is 11.3 Å². The number of ketones is 1. The summed E-state index contributed by atoms with van der Waals surface area (Å²) in [5, 5.41) is 8.37. The largest absolute Gasteiger partial charge is 0.493 e. The fourth-order valence-corrected chi connectivity index (χ4v) is 1.28. The number of nitrogen functional groups attached to an aromatic ring is 1. The number of unbranched alkanes of at least 4 members (excludes halogenated alkanes) is 1. The normalized spacial score (nSPS) is 9.50. The molecule has 0 radical (unpaired) electrons. The van der Waals surface area contributed by atoms with Gasteiger partial charge in [-0.1, -0.05) is 0 Å². The number of hydrogen-bond donors (Lipinski definition) is 1. The minimum Gasteiger partial charge on any atom is -0.493 e.